The van der Waals surface area contributed by atoms with Crippen molar-refractivity contribution < 1.29 is 4.39 Å². The van der Waals surface area contributed by atoms with E-state index in [2.05, 4.69) is 24.8 Å². The summed E-state index contributed by atoms with van der Waals surface area (Å²) in [6.07, 6.45) is 5.89. The van der Waals surface area contributed by atoms with Crippen molar-refractivity contribution in [3.63, 3.8) is 0 Å². The van der Waals surface area contributed by atoms with Gasteiger partial charge in [0.05, 0.1) is 12.2 Å². The fraction of sp³-hybridized carbons (Fsp3) is 0.385. The molecule has 0 aromatic carbocycles. The molecule has 7 heteroatoms. The highest BCUT2D eigenvalue weighted by Crippen LogP contribution is 2.26. The fourth-order valence-electron chi connectivity index (χ4n) is 2.34. The minimum atomic E-state index is -0.397. The van der Waals surface area contributed by atoms with Gasteiger partial charge in [-0.15, -0.1) is 0 Å². The van der Waals surface area contributed by atoms with Crippen molar-refractivity contribution in [1.82, 2.24) is 19.9 Å². The molecule has 0 N–H and O–H groups in total. The van der Waals surface area contributed by atoms with Crippen molar-refractivity contribution in [3.05, 3.63) is 36.4 Å². The molecular weight excluding hydrogens is 259 g/mol. The highest BCUT2D eigenvalue weighted by molar-refractivity contribution is 5.51. The number of aryl methyl sites for hydroxylation is 1. The van der Waals surface area contributed by atoms with E-state index >= 15 is 0 Å². The third-order valence-electron chi connectivity index (χ3n) is 3.56. The van der Waals surface area contributed by atoms with E-state index in [4.69, 9.17) is 0 Å². The number of halogens is 1. The molecule has 2 aromatic heterocycles. The number of rotatable bonds is 3. The van der Waals surface area contributed by atoms with Crippen molar-refractivity contribution in [1.29, 1.82) is 0 Å². The molecule has 1 saturated heterocycles. The summed E-state index contributed by atoms with van der Waals surface area (Å²) in [4.78, 5) is 19.9. The predicted octanol–water partition coefficient (Wildman–Crippen LogP) is 1.04. The minimum Gasteiger partial charge on any atom is -0.352 e. The van der Waals surface area contributed by atoms with E-state index in [1.54, 1.807) is 12.5 Å². The summed E-state index contributed by atoms with van der Waals surface area (Å²) in [5.74, 6) is 0.878. The molecular formula is C13H15FN6. The summed E-state index contributed by atoms with van der Waals surface area (Å²) >= 11 is 0. The van der Waals surface area contributed by atoms with Crippen LogP contribution in [-0.4, -0.2) is 46.1 Å². The van der Waals surface area contributed by atoms with E-state index in [9.17, 15) is 4.39 Å². The van der Waals surface area contributed by atoms with Crippen LogP contribution in [0.2, 0.25) is 0 Å². The Morgan fingerprint density at radius 1 is 1.20 bits per heavy atom. The average molecular weight is 274 g/mol. The molecule has 0 saturated carbocycles. The van der Waals surface area contributed by atoms with E-state index < -0.39 is 5.82 Å². The van der Waals surface area contributed by atoms with Crippen LogP contribution in [0.5, 0.6) is 0 Å². The first-order valence-electron chi connectivity index (χ1n) is 6.36. The number of anilines is 2. The lowest BCUT2D eigenvalue weighted by Crippen LogP contribution is -2.59. The van der Waals surface area contributed by atoms with Crippen molar-refractivity contribution in [2.45, 2.75) is 13.0 Å². The van der Waals surface area contributed by atoms with Crippen LogP contribution in [0, 0.1) is 12.7 Å². The Morgan fingerprint density at radius 2 is 1.90 bits per heavy atom. The minimum absolute atomic E-state index is 0.216. The van der Waals surface area contributed by atoms with Crippen LogP contribution in [0.25, 0.3) is 0 Å². The maximum Gasteiger partial charge on any atom is 0.183 e. The topological polar surface area (TPSA) is 58.0 Å². The molecule has 104 valence electrons. The molecule has 0 atom stereocenters. The van der Waals surface area contributed by atoms with E-state index in [-0.39, 0.29) is 6.04 Å². The maximum atomic E-state index is 13.6. The number of aromatic nitrogens is 4. The summed E-state index contributed by atoms with van der Waals surface area (Å²) in [5, 5.41) is 0. The van der Waals surface area contributed by atoms with Crippen molar-refractivity contribution in [2.24, 2.45) is 0 Å². The summed E-state index contributed by atoms with van der Waals surface area (Å²) in [5.41, 5.74) is 1.04. The molecule has 20 heavy (non-hydrogen) atoms. The Hall–Kier alpha value is -2.31. The Morgan fingerprint density at radius 3 is 2.60 bits per heavy atom. The number of likely N-dealkylation sites (N-methyl/N-ethyl adjacent to an activating group) is 1. The van der Waals surface area contributed by atoms with Gasteiger partial charge in [0, 0.05) is 31.9 Å². The van der Waals surface area contributed by atoms with Gasteiger partial charge in [-0.1, -0.05) is 0 Å². The molecule has 1 fully saturated rings. The van der Waals surface area contributed by atoms with E-state index in [0.717, 1.165) is 24.5 Å². The predicted molar refractivity (Wildman–Crippen MR) is 73.2 cm³/mol. The van der Waals surface area contributed by atoms with Gasteiger partial charge >= 0.3 is 0 Å². The number of hydrogen-bond donors (Lipinski definition) is 0. The van der Waals surface area contributed by atoms with Crippen LogP contribution in [-0.2, 0) is 0 Å². The molecule has 0 unspecified atom stereocenters. The summed E-state index contributed by atoms with van der Waals surface area (Å²) in [7, 11) is 1.85. The van der Waals surface area contributed by atoms with Crippen LogP contribution in [0.3, 0.4) is 0 Å². The van der Waals surface area contributed by atoms with Crippen molar-refractivity contribution >= 4 is 11.6 Å². The zero-order chi connectivity index (χ0) is 14.1. The standard InChI is InChI=1S/C13H15FN6/c1-9-3-15-7-17-12(9)20-5-10(6-20)19(2)13-11(14)4-16-8-18-13/h3-4,7-8,10H,5-6H2,1-2H3. The Labute approximate surface area is 116 Å². The van der Waals surface area contributed by atoms with Gasteiger partial charge in [-0.2, -0.15) is 0 Å². The van der Waals surface area contributed by atoms with Crippen molar-refractivity contribution in [2.75, 3.05) is 29.9 Å². The van der Waals surface area contributed by atoms with Gasteiger partial charge in [0.25, 0.3) is 0 Å². The van der Waals surface area contributed by atoms with Gasteiger partial charge in [-0.05, 0) is 6.92 Å². The molecule has 0 amide bonds. The lowest BCUT2D eigenvalue weighted by atomic mass is 10.1. The van der Waals surface area contributed by atoms with Gasteiger partial charge < -0.3 is 9.80 Å². The van der Waals surface area contributed by atoms with Gasteiger partial charge in [-0.3, -0.25) is 0 Å². The molecule has 1 aliphatic heterocycles. The Kier molecular flexibility index (Phi) is 3.17. The molecule has 1 aliphatic rings. The Balaban J connectivity index is 1.69. The van der Waals surface area contributed by atoms with Crippen LogP contribution in [0.15, 0.2) is 25.0 Å². The molecule has 0 radical (unpaired) electrons. The third-order valence-corrected chi connectivity index (χ3v) is 3.56. The molecule has 6 nitrogen and oxygen atoms in total. The van der Waals surface area contributed by atoms with Crippen LogP contribution >= 0.6 is 0 Å². The molecule has 0 bridgehead atoms. The second kappa shape index (κ2) is 4.99. The summed E-state index contributed by atoms with van der Waals surface area (Å²) < 4.78 is 13.6. The lowest BCUT2D eigenvalue weighted by molar-refractivity contribution is 0.479. The SMILES string of the molecule is Cc1cncnc1N1CC(N(C)c2ncncc2F)C1. The van der Waals surface area contributed by atoms with Crippen LogP contribution in [0.4, 0.5) is 16.0 Å². The van der Waals surface area contributed by atoms with Crippen LogP contribution in [0.1, 0.15) is 5.56 Å². The number of nitrogens with zero attached hydrogens (tertiary/aromatic N) is 6. The second-order valence-corrected chi connectivity index (χ2v) is 4.89. The first kappa shape index (κ1) is 12.7. The van der Waals surface area contributed by atoms with E-state index in [1.165, 1.54) is 12.5 Å². The van der Waals surface area contributed by atoms with Crippen LogP contribution < -0.4 is 9.80 Å². The van der Waals surface area contributed by atoms with Gasteiger partial charge in [0.1, 0.15) is 18.5 Å². The molecule has 3 rings (SSSR count). The summed E-state index contributed by atoms with van der Waals surface area (Å²) in [6.45, 7) is 3.56. The first-order valence-corrected chi connectivity index (χ1v) is 6.36. The molecule has 2 aromatic rings. The fourth-order valence-corrected chi connectivity index (χ4v) is 2.34. The monoisotopic (exact) mass is 274 g/mol. The molecule has 0 spiro atoms. The van der Waals surface area contributed by atoms with Crippen molar-refractivity contribution in [3.8, 4) is 0 Å². The maximum absolute atomic E-state index is 13.6. The third kappa shape index (κ3) is 2.15. The van der Waals surface area contributed by atoms with Gasteiger partial charge in [0.15, 0.2) is 11.6 Å². The Bertz CT molecular complexity index is 613. The van der Waals surface area contributed by atoms with Gasteiger partial charge in [0.2, 0.25) is 0 Å². The highest BCUT2D eigenvalue weighted by Gasteiger charge is 2.33. The summed E-state index contributed by atoms with van der Waals surface area (Å²) in [6, 6.07) is 0.216. The first-order chi connectivity index (χ1) is 9.66. The second-order valence-electron chi connectivity index (χ2n) is 4.89. The lowest BCUT2D eigenvalue weighted by Gasteiger charge is -2.45. The molecule has 3 heterocycles. The van der Waals surface area contributed by atoms with E-state index in [1.807, 2.05) is 18.9 Å². The highest BCUT2D eigenvalue weighted by atomic mass is 19.1. The largest absolute Gasteiger partial charge is 0.352 e. The molecule has 0 aliphatic carbocycles. The number of hydrogen-bond acceptors (Lipinski definition) is 6. The van der Waals surface area contributed by atoms with E-state index in [0.29, 0.717) is 5.82 Å². The zero-order valence-electron chi connectivity index (χ0n) is 11.4. The quantitative estimate of drug-likeness (QED) is 0.833. The normalized spacial score (nSPS) is 15.1. The smallest absolute Gasteiger partial charge is 0.183 e. The zero-order valence-corrected chi connectivity index (χ0v) is 11.4. The average Bonchev–Trinajstić information content (AvgIpc) is 2.39. The van der Waals surface area contributed by atoms with Gasteiger partial charge in [-0.25, -0.2) is 24.3 Å².